The van der Waals surface area contributed by atoms with E-state index in [1.165, 1.54) is 20.5 Å². The maximum Gasteiger partial charge on any atom is 0.255 e. The summed E-state index contributed by atoms with van der Waals surface area (Å²) in [5.74, 6) is 0.610. The first-order valence-electron chi connectivity index (χ1n) is 9.66. The average molecular weight is 422 g/mol. The van der Waals surface area contributed by atoms with E-state index in [9.17, 15) is 4.79 Å². The van der Waals surface area contributed by atoms with Crippen molar-refractivity contribution in [3.8, 4) is 11.4 Å². The van der Waals surface area contributed by atoms with E-state index in [0.717, 1.165) is 36.3 Å². The van der Waals surface area contributed by atoms with E-state index in [1.54, 1.807) is 0 Å². The lowest BCUT2D eigenvalue weighted by molar-refractivity contribution is 0.243. The number of aromatic nitrogens is 2. The maximum absolute atomic E-state index is 12.8. The molecule has 2 aromatic carbocycles. The predicted molar refractivity (Wildman–Crippen MR) is 120 cm³/mol. The monoisotopic (exact) mass is 421 g/mol. The molecule has 0 bridgehead atoms. The van der Waals surface area contributed by atoms with Crippen molar-refractivity contribution in [3.05, 3.63) is 85.6 Å². The Morgan fingerprint density at radius 1 is 1.17 bits per heavy atom. The van der Waals surface area contributed by atoms with Gasteiger partial charge in [-0.15, -0.1) is 11.3 Å². The first-order valence-corrected chi connectivity index (χ1v) is 10.9. The van der Waals surface area contributed by atoms with Gasteiger partial charge in [0.05, 0.1) is 11.3 Å². The number of H-pyrrole nitrogens is 1. The van der Waals surface area contributed by atoms with E-state index in [2.05, 4.69) is 41.1 Å². The lowest BCUT2D eigenvalue weighted by Crippen LogP contribution is -2.35. The second-order valence-corrected chi connectivity index (χ2v) is 9.03. The topological polar surface area (TPSA) is 49.0 Å². The summed E-state index contributed by atoms with van der Waals surface area (Å²) in [7, 11) is 0. The SMILES string of the molecule is Cc1c(CN2CCc3nc(-c4ccc(Cl)cc4)[nH]c(=O)c3C2)sc2ccccc12. The first-order chi connectivity index (χ1) is 14.1. The van der Waals surface area contributed by atoms with Crippen LogP contribution in [0.2, 0.25) is 5.02 Å². The molecule has 1 N–H and O–H groups in total. The average Bonchev–Trinajstić information content (AvgIpc) is 3.04. The van der Waals surface area contributed by atoms with E-state index in [1.807, 2.05) is 35.6 Å². The summed E-state index contributed by atoms with van der Waals surface area (Å²) in [6.45, 7) is 4.59. The standard InChI is InChI=1S/C23H20ClN3OS/c1-14-17-4-2-3-5-20(17)29-21(14)13-27-11-10-19-18(12-27)23(28)26-22(25-19)15-6-8-16(24)9-7-15/h2-9H,10-13H2,1H3,(H,25,26,28). The molecule has 0 fully saturated rings. The number of rotatable bonds is 3. The van der Waals surface area contributed by atoms with Gasteiger partial charge in [-0.2, -0.15) is 0 Å². The Kier molecular flexibility index (Phi) is 4.74. The van der Waals surface area contributed by atoms with Crippen LogP contribution in [-0.2, 0) is 19.5 Å². The Balaban J connectivity index is 1.41. The van der Waals surface area contributed by atoms with Crippen LogP contribution in [0.15, 0.2) is 53.3 Å². The van der Waals surface area contributed by atoms with Crippen molar-refractivity contribution in [2.24, 2.45) is 0 Å². The number of halogens is 1. The smallest absolute Gasteiger partial charge is 0.255 e. The summed E-state index contributed by atoms with van der Waals surface area (Å²) < 4.78 is 1.32. The molecule has 4 nitrogen and oxygen atoms in total. The fourth-order valence-electron chi connectivity index (χ4n) is 3.94. The van der Waals surface area contributed by atoms with Crippen molar-refractivity contribution in [1.82, 2.24) is 14.9 Å². The maximum atomic E-state index is 12.8. The van der Waals surface area contributed by atoms with Crippen molar-refractivity contribution < 1.29 is 0 Å². The Bertz CT molecular complexity index is 1260. The van der Waals surface area contributed by atoms with Gasteiger partial charge in [0, 0.05) is 46.2 Å². The van der Waals surface area contributed by atoms with E-state index in [0.29, 0.717) is 17.4 Å². The fraction of sp³-hybridized carbons (Fsp3) is 0.217. The molecule has 0 spiro atoms. The van der Waals surface area contributed by atoms with Gasteiger partial charge in [0.1, 0.15) is 5.82 Å². The van der Waals surface area contributed by atoms with Gasteiger partial charge in [0.15, 0.2) is 0 Å². The van der Waals surface area contributed by atoms with E-state index in [-0.39, 0.29) is 5.56 Å². The molecule has 0 radical (unpaired) electrons. The van der Waals surface area contributed by atoms with Gasteiger partial charge in [-0.1, -0.05) is 29.8 Å². The highest BCUT2D eigenvalue weighted by molar-refractivity contribution is 7.19. The summed E-state index contributed by atoms with van der Waals surface area (Å²) in [5, 5.41) is 2.00. The molecule has 2 aromatic heterocycles. The van der Waals surface area contributed by atoms with Crippen LogP contribution in [0.25, 0.3) is 21.5 Å². The molecule has 6 heteroatoms. The third-order valence-corrected chi connectivity index (χ3v) is 7.08. The normalized spacial score (nSPS) is 14.3. The molecule has 0 atom stereocenters. The number of nitrogens with one attached hydrogen (secondary N) is 1. The number of aryl methyl sites for hydroxylation is 1. The Morgan fingerprint density at radius 2 is 1.97 bits per heavy atom. The second-order valence-electron chi connectivity index (χ2n) is 7.45. The number of thiophene rings is 1. The fourth-order valence-corrected chi connectivity index (χ4v) is 5.32. The molecular formula is C23H20ClN3OS. The van der Waals surface area contributed by atoms with Crippen LogP contribution >= 0.6 is 22.9 Å². The molecule has 1 aliphatic heterocycles. The molecular weight excluding hydrogens is 402 g/mol. The summed E-state index contributed by atoms with van der Waals surface area (Å²) >= 11 is 7.82. The van der Waals surface area contributed by atoms with Crippen molar-refractivity contribution in [2.75, 3.05) is 6.54 Å². The third-order valence-electron chi connectivity index (χ3n) is 5.58. The lowest BCUT2D eigenvalue weighted by atomic mass is 10.1. The molecule has 146 valence electrons. The van der Waals surface area contributed by atoms with Gasteiger partial charge in [-0.05, 0) is 48.2 Å². The van der Waals surface area contributed by atoms with Gasteiger partial charge in [0.25, 0.3) is 5.56 Å². The number of benzene rings is 2. The number of nitrogens with zero attached hydrogens (tertiary/aromatic N) is 2. The third kappa shape index (κ3) is 3.50. The lowest BCUT2D eigenvalue weighted by Gasteiger charge is -2.27. The molecule has 0 saturated heterocycles. The zero-order chi connectivity index (χ0) is 20.0. The summed E-state index contributed by atoms with van der Waals surface area (Å²) in [6.07, 6.45) is 0.782. The molecule has 0 amide bonds. The minimum absolute atomic E-state index is 0.0438. The van der Waals surface area contributed by atoms with Crippen LogP contribution in [0.5, 0.6) is 0 Å². The number of aromatic amines is 1. The molecule has 0 aliphatic carbocycles. The number of fused-ring (bicyclic) bond motifs is 2. The van der Waals surface area contributed by atoms with E-state index >= 15 is 0 Å². The van der Waals surface area contributed by atoms with Crippen LogP contribution in [0, 0.1) is 6.92 Å². The van der Waals surface area contributed by atoms with Crippen molar-refractivity contribution in [1.29, 1.82) is 0 Å². The zero-order valence-electron chi connectivity index (χ0n) is 16.0. The van der Waals surface area contributed by atoms with Gasteiger partial charge >= 0.3 is 0 Å². The van der Waals surface area contributed by atoms with Crippen LogP contribution in [-0.4, -0.2) is 21.4 Å². The summed E-state index contributed by atoms with van der Waals surface area (Å²) in [4.78, 5) is 24.2. The molecule has 0 unspecified atom stereocenters. The van der Waals surface area contributed by atoms with Crippen LogP contribution in [0.3, 0.4) is 0 Å². The Labute approximate surface area is 177 Å². The molecule has 1 aliphatic rings. The van der Waals surface area contributed by atoms with Gasteiger partial charge in [-0.25, -0.2) is 4.98 Å². The van der Waals surface area contributed by atoms with Crippen LogP contribution in [0.1, 0.15) is 21.7 Å². The van der Waals surface area contributed by atoms with E-state index < -0.39 is 0 Å². The van der Waals surface area contributed by atoms with Crippen molar-refractivity contribution in [2.45, 2.75) is 26.4 Å². The van der Waals surface area contributed by atoms with Crippen LogP contribution < -0.4 is 5.56 Å². The molecule has 0 saturated carbocycles. The molecule has 4 aromatic rings. The quantitative estimate of drug-likeness (QED) is 0.496. The van der Waals surface area contributed by atoms with Gasteiger partial charge in [0.2, 0.25) is 0 Å². The largest absolute Gasteiger partial charge is 0.306 e. The highest BCUT2D eigenvalue weighted by Crippen LogP contribution is 2.32. The van der Waals surface area contributed by atoms with Crippen molar-refractivity contribution in [3.63, 3.8) is 0 Å². The van der Waals surface area contributed by atoms with Crippen LogP contribution in [0.4, 0.5) is 0 Å². The number of hydrogen-bond acceptors (Lipinski definition) is 4. The zero-order valence-corrected chi connectivity index (χ0v) is 17.6. The highest BCUT2D eigenvalue weighted by atomic mass is 35.5. The number of hydrogen-bond donors (Lipinski definition) is 1. The van der Waals surface area contributed by atoms with Gasteiger partial charge in [-0.3, -0.25) is 9.69 Å². The van der Waals surface area contributed by atoms with Crippen molar-refractivity contribution >= 4 is 33.0 Å². The second kappa shape index (κ2) is 7.41. The first kappa shape index (κ1) is 18.6. The molecule has 5 rings (SSSR count). The Hall–Kier alpha value is -2.47. The Morgan fingerprint density at radius 3 is 2.76 bits per heavy atom. The summed E-state index contributed by atoms with van der Waals surface area (Å²) in [6, 6.07) is 15.9. The summed E-state index contributed by atoms with van der Waals surface area (Å²) in [5.41, 5.74) is 3.87. The predicted octanol–water partition coefficient (Wildman–Crippen LogP) is 5.17. The molecule has 29 heavy (non-hydrogen) atoms. The minimum atomic E-state index is -0.0438. The van der Waals surface area contributed by atoms with Gasteiger partial charge < -0.3 is 4.98 Å². The minimum Gasteiger partial charge on any atom is -0.306 e. The highest BCUT2D eigenvalue weighted by Gasteiger charge is 2.23. The van der Waals surface area contributed by atoms with E-state index in [4.69, 9.17) is 16.6 Å². The molecule has 3 heterocycles.